The number of aromatic amines is 1. The first kappa shape index (κ1) is 35.1. The van der Waals surface area contributed by atoms with Crippen molar-refractivity contribution < 1.29 is 19.5 Å². The molecule has 2 amide bonds. The fourth-order valence-electron chi connectivity index (χ4n) is 3.39. The summed E-state index contributed by atoms with van der Waals surface area (Å²) in [6, 6.07) is 6.89. The molecule has 0 fully saturated rings. The first-order valence-electron chi connectivity index (χ1n) is 13.8. The van der Waals surface area contributed by atoms with Crippen LogP contribution < -0.4 is 27.2 Å². The van der Waals surface area contributed by atoms with Gasteiger partial charge in [0.1, 0.15) is 5.69 Å². The maximum absolute atomic E-state index is 12.2. The third-order valence-electron chi connectivity index (χ3n) is 5.56. The minimum Gasteiger partial charge on any atom is -0.481 e. The van der Waals surface area contributed by atoms with E-state index in [9.17, 15) is 19.2 Å². The fraction of sp³-hybridized carbons (Fsp3) is 0.400. The molecule has 226 valence electrons. The van der Waals surface area contributed by atoms with E-state index in [1.807, 2.05) is 12.2 Å². The standard InChI is InChI=1S/C23H30N6O4.C7H11NO/c1-3-4-5-7-18(28-20-15(2)27-23(24)29-22(20)33)14-26-17-11-9-16(10-12-17)21(32)25-13-6-8-19(30)31;1-2-3-4-5-6-8-7-9/h5,7,9-12,26H,3-4,6,8,13-14H2,1-2H3,(H,25,32)(H,30,31)(H3,24,27,29,33);1,7H,3-6H2,(H,8,9)/b7-5+,28-18?;. The normalized spacial score (nSPS) is 10.7. The molecule has 7 N–H and O–H groups in total. The summed E-state index contributed by atoms with van der Waals surface area (Å²) >= 11 is 0. The monoisotopic (exact) mass is 579 g/mol. The second kappa shape index (κ2) is 20.9. The van der Waals surface area contributed by atoms with Crippen LogP contribution in [0.15, 0.2) is 46.2 Å². The molecular formula is C30H41N7O5. The molecule has 1 heterocycles. The number of terminal acetylenes is 1. The van der Waals surface area contributed by atoms with Crippen LogP contribution in [0.4, 0.5) is 17.3 Å². The highest BCUT2D eigenvalue weighted by atomic mass is 16.4. The van der Waals surface area contributed by atoms with Gasteiger partial charge in [-0.1, -0.05) is 19.4 Å². The highest BCUT2D eigenvalue weighted by Crippen LogP contribution is 2.13. The zero-order valence-electron chi connectivity index (χ0n) is 24.2. The zero-order chi connectivity index (χ0) is 31.2. The smallest absolute Gasteiger partial charge is 0.303 e. The quantitative estimate of drug-likeness (QED) is 0.0711. The highest BCUT2D eigenvalue weighted by molar-refractivity contribution is 6.00. The van der Waals surface area contributed by atoms with Crippen molar-refractivity contribution in [2.45, 2.75) is 58.8 Å². The Balaban J connectivity index is 0.000000844. The Labute approximate surface area is 246 Å². The van der Waals surface area contributed by atoms with Crippen LogP contribution in [0.5, 0.6) is 0 Å². The van der Waals surface area contributed by atoms with Gasteiger partial charge in [-0.25, -0.2) is 9.98 Å². The number of carbonyl (C=O) groups is 3. The summed E-state index contributed by atoms with van der Waals surface area (Å²) in [6.07, 6.45) is 14.6. The lowest BCUT2D eigenvalue weighted by atomic mass is 10.2. The Hall–Kier alpha value is -4.92. The summed E-state index contributed by atoms with van der Waals surface area (Å²) in [7, 11) is 0. The number of hydrogen-bond acceptors (Lipinski definition) is 8. The van der Waals surface area contributed by atoms with Crippen molar-refractivity contribution >= 4 is 41.3 Å². The number of carboxylic acid groups (broad SMARTS) is 1. The number of rotatable bonds is 17. The molecule has 1 aromatic heterocycles. The van der Waals surface area contributed by atoms with Gasteiger partial charge in [-0.05, 0) is 62.9 Å². The number of hydrogen-bond donors (Lipinski definition) is 6. The number of amides is 2. The van der Waals surface area contributed by atoms with Crippen LogP contribution in [0.1, 0.15) is 67.9 Å². The summed E-state index contributed by atoms with van der Waals surface area (Å²) in [5, 5.41) is 17.1. The molecule has 0 saturated carbocycles. The number of nitrogen functional groups attached to an aromatic ring is 1. The Bertz CT molecular complexity index is 1290. The summed E-state index contributed by atoms with van der Waals surface area (Å²) in [6.45, 7) is 5.14. The third kappa shape index (κ3) is 15.0. The molecule has 1 aromatic carbocycles. The van der Waals surface area contributed by atoms with Crippen molar-refractivity contribution in [1.82, 2.24) is 20.6 Å². The first-order chi connectivity index (χ1) is 20.2. The highest BCUT2D eigenvalue weighted by Gasteiger charge is 2.08. The number of nitrogens with zero attached hydrogens (tertiary/aromatic N) is 2. The molecule has 0 aliphatic carbocycles. The number of nitrogens with one attached hydrogen (secondary N) is 4. The maximum atomic E-state index is 12.2. The number of benzene rings is 1. The number of aryl methyl sites for hydroxylation is 1. The molecule has 42 heavy (non-hydrogen) atoms. The van der Waals surface area contributed by atoms with E-state index in [2.05, 4.69) is 43.8 Å². The average Bonchev–Trinajstić information content (AvgIpc) is 2.96. The van der Waals surface area contributed by atoms with Gasteiger partial charge in [-0.15, -0.1) is 12.3 Å². The Kier molecular flexibility index (Phi) is 17.5. The van der Waals surface area contributed by atoms with Crippen LogP contribution in [0, 0.1) is 19.3 Å². The van der Waals surface area contributed by atoms with Crippen LogP contribution in [-0.4, -0.2) is 58.7 Å². The SMILES string of the molecule is C#CCCCCNC=O.CCC/C=C/C(CNc1ccc(C(=O)NCCCC(=O)O)cc1)=Nc1c(C)nc(N)[nH]c1=O. The lowest BCUT2D eigenvalue weighted by molar-refractivity contribution is -0.137. The zero-order valence-corrected chi connectivity index (χ0v) is 24.2. The van der Waals surface area contributed by atoms with Gasteiger partial charge >= 0.3 is 5.97 Å². The van der Waals surface area contributed by atoms with E-state index >= 15 is 0 Å². The number of allylic oxidation sites excluding steroid dienone is 1. The number of anilines is 2. The maximum Gasteiger partial charge on any atom is 0.303 e. The summed E-state index contributed by atoms with van der Waals surface area (Å²) in [5.74, 6) is 1.42. The third-order valence-corrected chi connectivity index (χ3v) is 5.56. The van der Waals surface area contributed by atoms with Crippen LogP contribution in [0.25, 0.3) is 0 Å². The molecule has 12 heteroatoms. The van der Waals surface area contributed by atoms with Gasteiger partial charge in [0.2, 0.25) is 12.4 Å². The molecule has 0 unspecified atom stereocenters. The molecule has 0 bridgehead atoms. The van der Waals surface area contributed by atoms with E-state index in [4.69, 9.17) is 17.3 Å². The van der Waals surface area contributed by atoms with E-state index in [1.165, 1.54) is 0 Å². The van der Waals surface area contributed by atoms with Crippen LogP contribution in [0.3, 0.4) is 0 Å². The van der Waals surface area contributed by atoms with Crippen molar-refractivity contribution in [3.8, 4) is 12.3 Å². The summed E-state index contributed by atoms with van der Waals surface area (Å²) in [5.41, 5.74) is 7.71. The van der Waals surface area contributed by atoms with Crippen LogP contribution >= 0.6 is 0 Å². The molecule has 2 rings (SSSR count). The molecule has 0 radical (unpaired) electrons. The molecule has 0 aliphatic heterocycles. The number of carbonyl (C=O) groups excluding carboxylic acids is 2. The number of aromatic nitrogens is 2. The summed E-state index contributed by atoms with van der Waals surface area (Å²) < 4.78 is 0. The number of aliphatic carboxylic acids is 1. The minimum atomic E-state index is -0.889. The van der Waals surface area contributed by atoms with Gasteiger partial charge < -0.3 is 26.8 Å². The topological polar surface area (TPSA) is 192 Å². The molecule has 0 aliphatic rings. The fourth-order valence-corrected chi connectivity index (χ4v) is 3.39. The Morgan fingerprint density at radius 1 is 1.19 bits per heavy atom. The van der Waals surface area contributed by atoms with Crippen molar-refractivity contribution in [3.05, 3.63) is 58.0 Å². The van der Waals surface area contributed by atoms with E-state index in [1.54, 1.807) is 31.2 Å². The van der Waals surface area contributed by atoms with Gasteiger partial charge in [0.25, 0.3) is 11.5 Å². The second-order valence-corrected chi connectivity index (χ2v) is 9.10. The predicted molar refractivity (Wildman–Crippen MR) is 166 cm³/mol. The van der Waals surface area contributed by atoms with Gasteiger partial charge in [-0.2, -0.15) is 0 Å². The van der Waals surface area contributed by atoms with Crippen molar-refractivity contribution in [3.63, 3.8) is 0 Å². The lowest BCUT2D eigenvalue weighted by Gasteiger charge is -2.09. The Morgan fingerprint density at radius 2 is 1.93 bits per heavy atom. The van der Waals surface area contributed by atoms with Gasteiger partial charge in [0.15, 0.2) is 0 Å². The number of aliphatic imine (C=N–C) groups is 1. The predicted octanol–water partition coefficient (Wildman–Crippen LogP) is 3.33. The van der Waals surface area contributed by atoms with Gasteiger partial charge in [0.05, 0.1) is 18.0 Å². The first-order valence-corrected chi connectivity index (χ1v) is 13.8. The molecule has 0 saturated heterocycles. The largest absolute Gasteiger partial charge is 0.481 e. The number of unbranched alkanes of at least 4 members (excludes halogenated alkanes) is 3. The molecular weight excluding hydrogens is 538 g/mol. The van der Waals surface area contributed by atoms with E-state index < -0.39 is 11.5 Å². The molecule has 0 spiro atoms. The van der Waals surface area contributed by atoms with Crippen molar-refractivity contribution in [1.29, 1.82) is 0 Å². The van der Waals surface area contributed by atoms with Crippen LogP contribution in [-0.2, 0) is 9.59 Å². The lowest BCUT2D eigenvalue weighted by Crippen LogP contribution is -2.24. The van der Waals surface area contributed by atoms with Crippen LogP contribution in [0.2, 0.25) is 0 Å². The Morgan fingerprint density at radius 3 is 2.55 bits per heavy atom. The van der Waals surface area contributed by atoms with E-state index in [0.29, 0.717) is 42.9 Å². The second-order valence-electron chi connectivity index (χ2n) is 9.10. The number of nitrogens with two attached hydrogens (primary N) is 1. The average molecular weight is 580 g/mol. The van der Waals surface area contributed by atoms with Crippen molar-refractivity contribution in [2.75, 3.05) is 30.7 Å². The molecule has 0 atom stereocenters. The van der Waals surface area contributed by atoms with Gasteiger partial charge in [0, 0.05) is 37.2 Å². The van der Waals surface area contributed by atoms with E-state index in [0.717, 1.165) is 44.3 Å². The summed E-state index contributed by atoms with van der Waals surface area (Å²) in [4.78, 5) is 55.6. The van der Waals surface area contributed by atoms with E-state index in [-0.39, 0.29) is 24.0 Å². The van der Waals surface area contributed by atoms with Crippen molar-refractivity contribution in [2.24, 2.45) is 4.99 Å². The van der Waals surface area contributed by atoms with Gasteiger partial charge in [-0.3, -0.25) is 24.2 Å². The minimum absolute atomic E-state index is 0.0115. The number of carboxylic acids is 1. The molecule has 2 aromatic rings. The molecule has 12 nitrogen and oxygen atoms in total. The number of H-pyrrole nitrogens is 1.